The number of nitrogens with zero attached hydrogens (tertiary/aromatic N) is 1. The van der Waals surface area contributed by atoms with Crippen molar-refractivity contribution in [2.75, 3.05) is 40.9 Å². The van der Waals surface area contributed by atoms with E-state index in [2.05, 4.69) is 19.2 Å². The third kappa shape index (κ3) is 53.3. The summed E-state index contributed by atoms with van der Waals surface area (Å²) in [6, 6.07) is -0.755. The fourth-order valence-corrected chi connectivity index (χ4v) is 10.3. The minimum Gasteiger partial charge on any atom is -0.391 e. The third-order valence-electron chi connectivity index (χ3n) is 14.4. The molecule has 0 spiro atoms. The Morgan fingerprint density at radius 2 is 0.706 bits per heavy atom. The lowest BCUT2D eigenvalue weighted by atomic mass is 10.0. The molecule has 8 nitrogen and oxygen atoms in total. The van der Waals surface area contributed by atoms with Crippen molar-refractivity contribution in [3.05, 3.63) is 0 Å². The number of aliphatic hydroxyl groups excluding tert-OH is 1. The van der Waals surface area contributed by atoms with E-state index in [0.717, 1.165) is 38.5 Å². The normalized spacial score (nSPS) is 13.8. The van der Waals surface area contributed by atoms with Crippen LogP contribution >= 0.6 is 7.82 Å². The summed E-state index contributed by atoms with van der Waals surface area (Å²) >= 11 is 0. The molecule has 0 aliphatic carbocycles. The number of rotatable bonds is 57. The molecule has 0 aliphatic rings. The molecule has 0 radical (unpaired) electrons. The average Bonchev–Trinajstić information content (AvgIpc) is 3.30. The molecule has 0 saturated heterocycles. The van der Waals surface area contributed by atoms with Crippen LogP contribution < -0.4 is 5.32 Å². The molecule has 3 atom stereocenters. The summed E-state index contributed by atoms with van der Waals surface area (Å²) in [5.41, 5.74) is 0. The number of nitrogens with one attached hydrogen (secondary N) is 1. The van der Waals surface area contributed by atoms with Crippen LogP contribution in [0.4, 0.5) is 0 Å². The molecular weight excluding hydrogens is 864 g/mol. The van der Waals surface area contributed by atoms with E-state index in [1.807, 2.05) is 21.1 Å². The van der Waals surface area contributed by atoms with Gasteiger partial charge in [-0.1, -0.05) is 303 Å². The van der Waals surface area contributed by atoms with E-state index in [-0.39, 0.29) is 19.1 Å². The number of phosphoric ester groups is 1. The van der Waals surface area contributed by atoms with Crippen LogP contribution in [0.1, 0.15) is 322 Å². The van der Waals surface area contributed by atoms with E-state index < -0.39 is 20.0 Å². The molecule has 0 aromatic heterocycles. The van der Waals surface area contributed by atoms with Gasteiger partial charge in [0.15, 0.2) is 0 Å². The van der Waals surface area contributed by atoms with Gasteiger partial charge in [0.25, 0.3) is 0 Å². The molecule has 0 fully saturated rings. The fraction of sp³-hybridized carbons (Fsp3) is 0.983. The molecule has 3 N–H and O–H groups in total. The van der Waals surface area contributed by atoms with E-state index >= 15 is 0 Å². The summed E-state index contributed by atoms with van der Waals surface area (Å²) in [5, 5.41) is 14.1. The summed E-state index contributed by atoms with van der Waals surface area (Å²) in [7, 11) is 1.64. The Hall–Kier alpha value is -0.500. The maximum Gasteiger partial charge on any atom is 0.472 e. The first-order valence-corrected chi connectivity index (χ1v) is 31.9. The number of amides is 1. The molecule has 68 heavy (non-hydrogen) atoms. The first-order valence-electron chi connectivity index (χ1n) is 30.4. The molecule has 0 aromatic carbocycles. The van der Waals surface area contributed by atoms with Crippen LogP contribution in [0.5, 0.6) is 0 Å². The zero-order valence-corrected chi connectivity index (χ0v) is 47.5. The number of hydrogen-bond acceptors (Lipinski definition) is 5. The van der Waals surface area contributed by atoms with Crippen molar-refractivity contribution in [1.82, 2.24) is 5.32 Å². The summed E-state index contributed by atoms with van der Waals surface area (Å²) in [6.45, 7) is 4.95. The number of aliphatic hydroxyl groups is 1. The Kier molecular flexibility index (Phi) is 51.0. The molecule has 3 unspecified atom stereocenters. The van der Waals surface area contributed by atoms with Crippen LogP contribution in [0.25, 0.3) is 0 Å². The SMILES string of the molecule is CCCCCCCCCCCCCCCCCCCCCCCCCCCCCC(=O)NC(COP(=O)(O)OCC[N+](C)(C)C)C(O)CCCCCCCCCCCCCCCCCCCCC. The van der Waals surface area contributed by atoms with Crippen LogP contribution in [-0.4, -0.2) is 73.4 Å². The lowest BCUT2D eigenvalue weighted by Crippen LogP contribution is -2.46. The third-order valence-corrected chi connectivity index (χ3v) is 15.3. The van der Waals surface area contributed by atoms with Gasteiger partial charge in [-0.15, -0.1) is 0 Å². The van der Waals surface area contributed by atoms with Crippen LogP contribution in [-0.2, 0) is 18.4 Å². The van der Waals surface area contributed by atoms with Gasteiger partial charge in [-0.2, -0.15) is 0 Å². The quantitative estimate of drug-likeness (QED) is 0.0319. The van der Waals surface area contributed by atoms with E-state index in [1.54, 1.807) is 0 Å². The number of quaternary nitrogens is 1. The van der Waals surface area contributed by atoms with E-state index in [4.69, 9.17) is 9.05 Å². The molecule has 0 bridgehead atoms. The first kappa shape index (κ1) is 67.5. The topological polar surface area (TPSA) is 105 Å². The second-order valence-electron chi connectivity index (χ2n) is 22.4. The van der Waals surface area contributed by atoms with Crippen LogP contribution in [0, 0.1) is 0 Å². The van der Waals surface area contributed by atoms with E-state index in [1.165, 1.54) is 257 Å². The van der Waals surface area contributed by atoms with Gasteiger partial charge in [-0.25, -0.2) is 4.57 Å². The van der Waals surface area contributed by atoms with Gasteiger partial charge >= 0.3 is 7.82 Å². The minimum absolute atomic E-state index is 0.0792. The van der Waals surface area contributed by atoms with Crippen molar-refractivity contribution in [2.45, 2.75) is 334 Å². The van der Waals surface area contributed by atoms with Crippen LogP contribution in [0.2, 0.25) is 0 Å². The molecule has 0 rings (SSSR count). The van der Waals surface area contributed by atoms with Gasteiger partial charge < -0.3 is 19.8 Å². The van der Waals surface area contributed by atoms with Gasteiger partial charge in [0.1, 0.15) is 13.2 Å². The van der Waals surface area contributed by atoms with Crippen molar-refractivity contribution in [3.8, 4) is 0 Å². The maximum atomic E-state index is 13.0. The van der Waals surface area contributed by atoms with Crippen molar-refractivity contribution in [1.29, 1.82) is 0 Å². The highest BCUT2D eigenvalue weighted by Crippen LogP contribution is 2.43. The van der Waals surface area contributed by atoms with Crippen molar-refractivity contribution < 1.29 is 32.9 Å². The minimum atomic E-state index is -4.32. The lowest BCUT2D eigenvalue weighted by Gasteiger charge is -2.26. The largest absolute Gasteiger partial charge is 0.472 e. The standard InChI is InChI=1S/C59H121N2O6P/c1-6-8-10-12-14-16-18-20-22-24-26-27-28-29-30-31-32-33-35-37-39-41-43-45-47-49-51-53-59(63)60-57(56-67-68(64,65)66-55-54-61(3,4)5)58(62)52-50-48-46-44-42-40-38-36-34-25-23-21-19-17-15-13-11-9-7-2/h57-58,62H,6-56H2,1-5H3,(H-,60,63,64,65)/p+1. The predicted octanol–water partition coefficient (Wildman–Crippen LogP) is 18.4. The highest BCUT2D eigenvalue weighted by molar-refractivity contribution is 7.47. The summed E-state index contributed by atoms with van der Waals surface area (Å²) in [6.07, 6.45) is 61.7. The molecule has 1 amide bonds. The smallest absolute Gasteiger partial charge is 0.391 e. The number of carbonyl (C=O) groups excluding carboxylic acids is 1. The predicted molar refractivity (Wildman–Crippen MR) is 296 cm³/mol. The van der Waals surface area contributed by atoms with Gasteiger partial charge in [0.05, 0.1) is 39.9 Å². The number of carbonyl (C=O) groups is 1. The number of hydrogen-bond donors (Lipinski definition) is 3. The number of unbranched alkanes of at least 4 members (excludes halogenated alkanes) is 44. The van der Waals surface area contributed by atoms with Crippen LogP contribution in [0.3, 0.4) is 0 Å². The van der Waals surface area contributed by atoms with E-state index in [9.17, 15) is 19.4 Å². The molecule has 0 aliphatic heterocycles. The first-order chi connectivity index (χ1) is 33.0. The molecule has 0 saturated carbocycles. The van der Waals surface area contributed by atoms with Gasteiger partial charge in [-0.05, 0) is 12.8 Å². The lowest BCUT2D eigenvalue weighted by molar-refractivity contribution is -0.870. The fourth-order valence-electron chi connectivity index (χ4n) is 9.58. The van der Waals surface area contributed by atoms with Crippen molar-refractivity contribution >= 4 is 13.7 Å². The zero-order valence-electron chi connectivity index (χ0n) is 46.6. The monoisotopic (exact) mass is 986 g/mol. The molecular formula is C59H122N2O6P+. The Balaban J connectivity index is 4.06. The maximum absolute atomic E-state index is 13.0. The average molecular weight is 987 g/mol. The van der Waals surface area contributed by atoms with Gasteiger partial charge in [0.2, 0.25) is 5.91 Å². The van der Waals surface area contributed by atoms with Crippen molar-refractivity contribution in [2.24, 2.45) is 0 Å². The summed E-state index contributed by atoms with van der Waals surface area (Å²) in [5.74, 6) is -0.135. The Labute approximate surface area is 425 Å². The second kappa shape index (κ2) is 51.4. The van der Waals surface area contributed by atoms with Crippen LogP contribution in [0.15, 0.2) is 0 Å². The highest BCUT2D eigenvalue weighted by atomic mass is 31.2. The van der Waals surface area contributed by atoms with Crippen molar-refractivity contribution in [3.63, 3.8) is 0 Å². The molecule has 0 aromatic rings. The number of phosphoric acid groups is 1. The summed E-state index contributed by atoms with van der Waals surface area (Å²) < 4.78 is 23.8. The molecule has 0 heterocycles. The Morgan fingerprint density at radius 3 is 0.985 bits per heavy atom. The van der Waals surface area contributed by atoms with E-state index in [0.29, 0.717) is 23.9 Å². The Morgan fingerprint density at radius 1 is 0.441 bits per heavy atom. The second-order valence-corrected chi connectivity index (χ2v) is 23.9. The van der Waals surface area contributed by atoms with Gasteiger partial charge in [0, 0.05) is 6.42 Å². The zero-order chi connectivity index (χ0) is 49.9. The molecule has 408 valence electrons. The Bertz CT molecular complexity index is 1070. The van der Waals surface area contributed by atoms with Gasteiger partial charge in [-0.3, -0.25) is 13.8 Å². The molecule has 9 heteroatoms. The highest BCUT2D eigenvalue weighted by Gasteiger charge is 2.28. The summed E-state index contributed by atoms with van der Waals surface area (Å²) in [4.78, 5) is 23.4. The number of likely N-dealkylation sites (N-methyl/N-ethyl adjacent to an activating group) is 1.